The second-order valence-electron chi connectivity index (χ2n) is 7.39. The number of amides is 1. The van der Waals surface area contributed by atoms with Gasteiger partial charge in [0.25, 0.3) is 0 Å². The highest BCUT2D eigenvalue weighted by Gasteiger charge is 2.19. The third-order valence-corrected chi connectivity index (χ3v) is 6.78. The highest BCUT2D eigenvalue weighted by molar-refractivity contribution is 7.89. The molecular formula is C21H25N5O3S. The number of sulfonamides is 1. The van der Waals surface area contributed by atoms with Crippen LogP contribution in [0.1, 0.15) is 18.5 Å². The van der Waals surface area contributed by atoms with Crippen LogP contribution in [0.3, 0.4) is 0 Å². The van der Waals surface area contributed by atoms with Gasteiger partial charge >= 0.3 is 0 Å². The van der Waals surface area contributed by atoms with E-state index in [1.807, 2.05) is 17.0 Å². The molecule has 3 aromatic rings. The van der Waals surface area contributed by atoms with Crippen LogP contribution in [0.4, 0.5) is 0 Å². The van der Waals surface area contributed by atoms with Crippen molar-refractivity contribution < 1.29 is 13.2 Å². The van der Waals surface area contributed by atoms with E-state index in [-0.39, 0.29) is 23.9 Å². The van der Waals surface area contributed by atoms with Crippen molar-refractivity contribution in [2.24, 2.45) is 5.73 Å². The monoisotopic (exact) mass is 427 g/mol. The first kappa shape index (κ1) is 20.5. The molecule has 1 aromatic carbocycles. The molecule has 4 N–H and O–H groups in total. The van der Waals surface area contributed by atoms with Crippen LogP contribution in [0, 0.1) is 0 Å². The summed E-state index contributed by atoms with van der Waals surface area (Å²) < 4.78 is 27.0. The lowest BCUT2D eigenvalue weighted by Crippen LogP contribution is -2.29. The summed E-state index contributed by atoms with van der Waals surface area (Å²) in [5.41, 5.74) is 8.70. The second-order valence-corrected chi connectivity index (χ2v) is 9.16. The first-order valence-electron chi connectivity index (χ1n) is 10.0. The van der Waals surface area contributed by atoms with Crippen molar-refractivity contribution in [3.05, 3.63) is 48.3 Å². The fraction of sp³-hybridized carbons (Fsp3) is 0.333. The minimum Gasteiger partial charge on any atom is -0.343 e. The van der Waals surface area contributed by atoms with Gasteiger partial charge in [-0.1, -0.05) is 12.1 Å². The number of benzene rings is 1. The zero-order chi connectivity index (χ0) is 21.1. The Labute approximate surface area is 175 Å². The van der Waals surface area contributed by atoms with Gasteiger partial charge in [0.05, 0.1) is 11.3 Å². The summed E-state index contributed by atoms with van der Waals surface area (Å²) >= 11 is 0. The highest BCUT2D eigenvalue weighted by atomic mass is 32.2. The van der Waals surface area contributed by atoms with E-state index in [9.17, 15) is 13.2 Å². The van der Waals surface area contributed by atoms with Crippen LogP contribution >= 0.6 is 0 Å². The minimum absolute atomic E-state index is 0.125. The molecule has 0 atom stereocenters. The number of nitrogens with zero attached hydrogens (tertiary/aromatic N) is 2. The van der Waals surface area contributed by atoms with Crippen LogP contribution in [-0.2, 0) is 21.2 Å². The first-order valence-corrected chi connectivity index (χ1v) is 11.5. The van der Waals surface area contributed by atoms with Crippen LogP contribution in [-0.4, -0.2) is 55.4 Å². The number of aromatic nitrogens is 2. The number of carbonyl (C=O) groups is 1. The second kappa shape index (κ2) is 8.55. The third-order valence-electron chi connectivity index (χ3n) is 5.30. The average molecular weight is 428 g/mol. The molecule has 1 aliphatic heterocycles. The van der Waals surface area contributed by atoms with E-state index < -0.39 is 10.0 Å². The van der Waals surface area contributed by atoms with Gasteiger partial charge in [-0.25, -0.2) is 18.1 Å². The molecule has 158 valence electrons. The number of hydrogen-bond acceptors (Lipinski definition) is 5. The van der Waals surface area contributed by atoms with Gasteiger partial charge in [0.2, 0.25) is 15.9 Å². The number of H-pyrrole nitrogens is 1. The maximum atomic E-state index is 12.5. The molecule has 1 fully saturated rings. The van der Waals surface area contributed by atoms with E-state index in [1.165, 1.54) is 0 Å². The molecule has 4 rings (SSSR count). The quantitative estimate of drug-likeness (QED) is 0.529. The average Bonchev–Trinajstić information content (AvgIpc) is 3.42. The fourth-order valence-electron chi connectivity index (χ4n) is 3.76. The summed E-state index contributed by atoms with van der Waals surface area (Å²) in [4.78, 5) is 22.2. The number of carbonyl (C=O) groups excluding carboxylic acids is 1. The van der Waals surface area contributed by atoms with Crippen LogP contribution in [0.5, 0.6) is 0 Å². The van der Waals surface area contributed by atoms with Gasteiger partial charge in [-0.05, 0) is 48.2 Å². The summed E-state index contributed by atoms with van der Waals surface area (Å²) in [6, 6.07) is 10.5. The smallest absolute Gasteiger partial charge is 0.240 e. The third kappa shape index (κ3) is 4.23. The standard InChI is InChI=1S/C21H25N5O3S/c22-8-10-24-30(28,29)17-5-3-15(4-6-17)18-7-9-23-21-19(18)13-16(25-21)14-20(27)26-11-1-2-12-26/h3-7,9,13,24H,1-2,8,10-12,14,22H2,(H,23,25). The van der Waals surface area contributed by atoms with E-state index in [1.54, 1.807) is 30.5 Å². The van der Waals surface area contributed by atoms with Gasteiger partial charge in [-0.2, -0.15) is 0 Å². The molecule has 1 aliphatic rings. The zero-order valence-electron chi connectivity index (χ0n) is 16.6. The van der Waals surface area contributed by atoms with Crippen LogP contribution in [0.25, 0.3) is 22.2 Å². The molecule has 1 saturated heterocycles. The molecule has 3 heterocycles. The lowest BCUT2D eigenvalue weighted by atomic mass is 10.0. The Kier molecular flexibility index (Phi) is 5.85. The minimum atomic E-state index is -3.57. The summed E-state index contributed by atoms with van der Waals surface area (Å²) in [5, 5.41) is 0.901. The van der Waals surface area contributed by atoms with Gasteiger partial charge in [-0.15, -0.1) is 0 Å². The van der Waals surface area contributed by atoms with Crippen molar-refractivity contribution in [1.29, 1.82) is 0 Å². The molecule has 0 unspecified atom stereocenters. The molecule has 0 spiro atoms. The number of pyridine rings is 1. The van der Waals surface area contributed by atoms with Gasteiger partial charge in [0.15, 0.2) is 0 Å². The van der Waals surface area contributed by atoms with Crippen LogP contribution < -0.4 is 10.5 Å². The van der Waals surface area contributed by atoms with Gasteiger partial charge in [0, 0.05) is 43.5 Å². The number of nitrogens with two attached hydrogens (primary N) is 1. The van der Waals surface area contributed by atoms with Gasteiger partial charge in [-0.3, -0.25) is 4.79 Å². The van der Waals surface area contributed by atoms with E-state index in [4.69, 9.17) is 5.73 Å². The van der Waals surface area contributed by atoms with Crippen LogP contribution in [0.2, 0.25) is 0 Å². The maximum Gasteiger partial charge on any atom is 0.240 e. The topological polar surface area (TPSA) is 121 Å². The Bertz CT molecular complexity index is 1150. The SMILES string of the molecule is NCCNS(=O)(=O)c1ccc(-c2ccnc3[nH]c(CC(=O)N4CCCC4)cc23)cc1. The molecule has 0 saturated carbocycles. The zero-order valence-corrected chi connectivity index (χ0v) is 17.4. The highest BCUT2D eigenvalue weighted by Crippen LogP contribution is 2.29. The van der Waals surface area contributed by atoms with Crippen molar-refractivity contribution in [2.75, 3.05) is 26.2 Å². The van der Waals surface area contributed by atoms with Crippen molar-refractivity contribution in [3.8, 4) is 11.1 Å². The summed E-state index contributed by atoms with van der Waals surface area (Å²) in [7, 11) is -3.57. The molecule has 9 heteroatoms. The molecule has 30 heavy (non-hydrogen) atoms. The Morgan fingerprint density at radius 1 is 1.17 bits per heavy atom. The molecule has 0 bridgehead atoms. The molecular weight excluding hydrogens is 402 g/mol. The summed E-state index contributed by atoms with van der Waals surface area (Å²) in [5.74, 6) is 0.125. The van der Waals surface area contributed by atoms with Crippen molar-refractivity contribution in [1.82, 2.24) is 19.6 Å². The molecule has 0 radical (unpaired) electrons. The fourth-order valence-corrected chi connectivity index (χ4v) is 4.81. The number of likely N-dealkylation sites (tertiary alicyclic amines) is 1. The lowest BCUT2D eigenvalue weighted by Gasteiger charge is -2.14. The van der Waals surface area contributed by atoms with Crippen molar-refractivity contribution in [2.45, 2.75) is 24.2 Å². The first-order chi connectivity index (χ1) is 14.5. The molecule has 8 nitrogen and oxygen atoms in total. The molecule has 2 aromatic heterocycles. The van der Waals surface area contributed by atoms with Crippen molar-refractivity contribution in [3.63, 3.8) is 0 Å². The van der Waals surface area contributed by atoms with Gasteiger partial charge in [0.1, 0.15) is 5.65 Å². The largest absolute Gasteiger partial charge is 0.343 e. The number of fused-ring (bicyclic) bond motifs is 1. The predicted molar refractivity (Wildman–Crippen MR) is 115 cm³/mol. The van der Waals surface area contributed by atoms with Crippen molar-refractivity contribution >= 4 is 27.0 Å². The Balaban J connectivity index is 1.59. The summed E-state index contributed by atoms with van der Waals surface area (Å²) in [6.45, 7) is 2.09. The molecule has 1 amide bonds. The normalized spacial score (nSPS) is 14.5. The number of aromatic amines is 1. The number of rotatable bonds is 7. The van der Waals surface area contributed by atoms with E-state index in [2.05, 4.69) is 14.7 Å². The maximum absolute atomic E-state index is 12.5. The summed E-state index contributed by atoms with van der Waals surface area (Å²) in [6.07, 6.45) is 4.16. The number of hydrogen-bond donors (Lipinski definition) is 3. The lowest BCUT2D eigenvalue weighted by molar-refractivity contribution is -0.129. The Morgan fingerprint density at radius 2 is 1.90 bits per heavy atom. The predicted octanol–water partition coefficient (Wildman–Crippen LogP) is 1.63. The van der Waals surface area contributed by atoms with E-state index in [0.717, 1.165) is 48.1 Å². The van der Waals surface area contributed by atoms with Gasteiger partial charge < -0.3 is 15.6 Å². The Hall–Kier alpha value is -2.75. The van der Waals surface area contributed by atoms with Crippen LogP contribution in [0.15, 0.2) is 47.5 Å². The van der Waals surface area contributed by atoms with E-state index in [0.29, 0.717) is 12.1 Å². The molecule has 0 aliphatic carbocycles. The van der Waals surface area contributed by atoms with E-state index >= 15 is 0 Å². The number of nitrogens with one attached hydrogen (secondary N) is 2. The Morgan fingerprint density at radius 3 is 2.60 bits per heavy atom.